The smallest absolute Gasteiger partial charge is 0.203 e. The predicted octanol–water partition coefficient (Wildman–Crippen LogP) is 3.47. The molecular weight excluding hydrogens is 382 g/mol. The third kappa shape index (κ3) is 3.84. The van der Waals surface area contributed by atoms with Gasteiger partial charge in [-0.1, -0.05) is 6.07 Å². The molecule has 0 spiro atoms. The number of fused-ring (bicyclic) bond motifs is 1. The summed E-state index contributed by atoms with van der Waals surface area (Å²) in [6, 6.07) is 11.6. The van der Waals surface area contributed by atoms with E-state index in [0.29, 0.717) is 17.2 Å². The third-order valence-corrected chi connectivity index (χ3v) is 4.77. The SMILES string of the molecule is COc1cc(-c2cnc3ccc(NCCc4cccnc4)nn23)cc(OC)c1OC. The minimum absolute atomic E-state index is 0.545. The molecule has 0 unspecified atom stereocenters. The van der Waals surface area contributed by atoms with Gasteiger partial charge in [0.2, 0.25) is 5.75 Å². The minimum atomic E-state index is 0.545. The van der Waals surface area contributed by atoms with E-state index in [2.05, 4.69) is 21.4 Å². The Hall–Kier alpha value is -3.81. The van der Waals surface area contributed by atoms with E-state index in [4.69, 9.17) is 19.3 Å². The summed E-state index contributed by atoms with van der Waals surface area (Å²) < 4.78 is 18.2. The van der Waals surface area contributed by atoms with Crippen molar-refractivity contribution in [2.24, 2.45) is 0 Å². The van der Waals surface area contributed by atoms with Crippen LogP contribution in [0.25, 0.3) is 16.9 Å². The second-order valence-corrected chi connectivity index (χ2v) is 6.58. The molecule has 154 valence electrons. The van der Waals surface area contributed by atoms with E-state index in [0.717, 1.165) is 35.7 Å². The maximum absolute atomic E-state index is 5.48. The second-order valence-electron chi connectivity index (χ2n) is 6.58. The van der Waals surface area contributed by atoms with Crippen LogP contribution in [0.2, 0.25) is 0 Å². The average molecular weight is 405 g/mol. The van der Waals surface area contributed by atoms with Gasteiger partial charge in [-0.05, 0) is 42.3 Å². The van der Waals surface area contributed by atoms with Gasteiger partial charge >= 0.3 is 0 Å². The molecule has 3 aromatic heterocycles. The van der Waals surface area contributed by atoms with Crippen molar-refractivity contribution in [1.29, 1.82) is 0 Å². The van der Waals surface area contributed by atoms with Crippen LogP contribution >= 0.6 is 0 Å². The summed E-state index contributed by atoms with van der Waals surface area (Å²) in [6.07, 6.45) is 6.28. The fourth-order valence-electron chi connectivity index (χ4n) is 3.27. The number of hydrogen-bond donors (Lipinski definition) is 1. The third-order valence-electron chi connectivity index (χ3n) is 4.77. The number of anilines is 1. The Labute approximate surface area is 174 Å². The van der Waals surface area contributed by atoms with E-state index in [1.807, 2.05) is 36.5 Å². The molecule has 0 amide bonds. The summed E-state index contributed by atoms with van der Waals surface area (Å²) in [5.74, 6) is 2.46. The van der Waals surface area contributed by atoms with E-state index in [1.165, 1.54) is 5.56 Å². The molecule has 0 aliphatic carbocycles. The summed E-state index contributed by atoms with van der Waals surface area (Å²) in [7, 11) is 4.77. The number of nitrogens with one attached hydrogen (secondary N) is 1. The molecule has 1 aromatic carbocycles. The quantitative estimate of drug-likeness (QED) is 0.481. The predicted molar refractivity (Wildman–Crippen MR) is 115 cm³/mol. The first-order valence-electron chi connectivity index (χ1n) is 9.51. The Balaban J connectivity index is 1.63. The van der Waals surface area contributed by atoms with E-state index >= 15 is 0 Å². The standard InChI is InChI=1S/C22H23N5O3/c1-28-18-11-16(12-19(29-2)22(18)30-3)17-14-25-21-7-6-20(26-27(17)21)24-10-8-15-5-4-9-23-13-15/h4-7,9,11-14H,8,10H2,1-3H3,(H,24,26). The molecular formula is C22H23N5O3. The van der Waals surface area contributed by atoms with E-state index in [-0.39, 0.29) is 0 Å². The molecule has 0 atom stereocenters. The summed E-state index contributed by atoms with van der Waals surface area (Å²) in [5, 5.41) is 8.07. The largest absolute Gasteiger partial charge is 0.493 e. The van der Waals surface area contributed by atoms with Crippen molar-refractivity contribution in [1.82, 2.24) is 19.6 Å². The molecule has 8 nitrogen and oxygen atoms in total. The van der Waals surface area contributed by atoms with Crippen LogP contribution in [0.5, 0.6) is 17.2 Å². The molecule has 0 aliphatic heterocycles. The van der Waals surface area contributed by atoms with Crippen LogP contribution < -0.4 is 19.5 Å². The number of imidazole rings is 1. The Morgan fingerprint density at radius 2 is 1.77 bits per heavy atom. The fraction of sp³-hybridized carbons (Fsp3) is 0.227. The summed E-state index contributed by atoms with van der Waals surface area (Å²) in [6.45, 7) is 0.748. The highest BCUT2D eigenvalue weighted by Crippen LogP contribution is 2.41. The number of benzene rings is 1. The van der Waals surface area contributed by atoms with Crippen LogP contribution in [0.3, 0.4) is 0 Å². The summed E-state index contributed by atoms with van der Waals surface area (Å²) >= 11 is 0. The Bertz CT molecular complexity index is 1120. The average Bonchev–Trinajstić information content (AvgIpc) is 3.22. The number of pyridine rings is 1. The minimum Gasteiger partial charge on any atom is -0.493 e. The topological polar surface area (TPSA) is 82.8 Å². The molecule has 0 fully saturated rings. The van der Waals surface area contributed by atoms with Crippen molar-refractivity contribution in [2.75, 3.05) is 33.2 Å². The second kappa shape index (κ2) is 8.69. The highest BCUT2D eigenvalue weighted by atomic mass is 16.5. The van der Waals surface area contributed by atoms with Gasteiger partial charge in [0, 0.05) is 24.5 Å². The van der Waals surface area contributed by atoms with Crippen LogP contribution in [0.1, 0.15) is 5.56 Å². The molecule has 0 saturated carbocycles. The molecule has 4 aromatic rings. The number of rotatable bonds is 8. The number of aromatic nitrogens is 4. The van der Waals surface area contributed by atoms with Crippen molar-refractivity contribution in [3.05, 3.63) is 60.6 Å². The lowest BCUT2D eigenvalue weighted by atomic mass is 10.1. The zero-order valence-electron chi connectivity index (χ0n) is 17.1. The molecule has 0 radical (unpaired) electrons. The first-order chi connectivity index (χ1) is 14.7. The van der Waals surface area contributed by atoms with Crippen LogP contribution in [-0.2, 0) is 6.42 Å². The zero-order valence-corrected chi connectivity index (χ0v) is 17.1. The number of ether oxygens (including phenoxy) is 3. The Kier molecular flexibility index (Phi) is 5.65. The van der Waals surface area contributed by atoms with Gasteiger partial charge in [0.1, 0.15) is 5.82 Å². The Morgan fingerprint density at radius 3 is 2.43 bits per heavy atom. The Morgan fingerprint density at radius 1 is 0.967 bits per heavy atom. The van der Waals surface area contributed by atoms with Crippen LogP contribution in [-0.4, -0.2) is 47.5 Å². The molecule has 1 N–H and O–H groups in total. The molecule has 4 rings (SSSR count). The molecule has 0 aliphatic rings. The lowest BCUT2D eigenvalue weighted by Crippen LogP contribution is -2.08. The molecule has 0 saturated heterocycles. The van der Waals surface area contributed by atoms with Gasteiger partial charge in [0.25, 0.3) is 0 Å². The fourth-order valence-corrected chi connectivity index (χ4v) is 3.27. The first-order valence-corrected chi connectivity index (χ1v) is 9.51. The normalized spacial score (nSPS) is 10.8. The maximum Gasteiger partial charge on any atom is 0.203 e. The van der Waals surface area contributed by atoms with Gasteiger partial charge in [0.05, 0.1) is 33.2 Å². The van der Waals surface area contributed by atoms with Crippen molar-refractivity contribution in [2.45, 2.75) is 6.42 Å². The highest BCUT2D eigenvalue weighted by Gasteiger charge is 2.17. The number of hydrogen-bond acceptors (Lipinski definition) is 7. The van der Waals surface area contributed by atoms with Gasteiger partial charge in [-0.25, -0.2) is 9.50 Å². The molecule has 0 bridgehead atoms. The monoisotopic (exact) mass is 405 g/mol. The van der Waals surface area contributed by atoms with Gasteiger partial charge < -0.3 is 19.5 Å². The number of methoxy groups -OCH3 is 3. The van der Waals surface area contributed by atoms with E-state index < -0.39 is 0 Å². The summed E-state index contributed by atoms with van der Waals surface area (Å²) in [5.41, 5.74) is 3.60. The first kappa shape index (κ1) is 19.5. The molecule has 8 heteroatoms. The van der Waals surface area contributed by atoms with E-state index in [9.17, 15) is 0 Å². The van der Waals surface area contributed by atoms with Crippen molar-refractivity contribution >= 4 is 11.5 Å². The van der Waals surface area contributed by atoms with Gasteiger partial charge in [-0.3, -0.25) is 4.98 Å². The van der Waals surface area contributed by atoms with Crippen LogP contribution in [0.15, 0.2) is 55.0 Å². The maximum atomic E-state index is 5.48. The zero-order chi connectivity index (χ0) is 20.9. The van der Waals surface area contributed by atoms with Crippen LogP contribution in [0, 0.1) is 0 Å². The highest BCUT2D eigenvalue weighted by molar-refractivity contribution is 5.70. The van der Waals surface area contributed by atoms with E-state index in [1.54, 1.807) is 38.2 Å². The van der Waals surface area contributed by atoms with Gasteiger partial charge in [-0.2, -0.15) is 0 Å². The molecule has 3 heterocycles. The van der Waals surface area contributed by atoms with Crippen LogP contribution in [0.4, 0.5) is 5.82 Å². The summed E-state index contributed by atoms with van der Waals surface area (Å²) in [4.78, 5) is 8.61. The lowest BCUT2D eigenvalue weighted by molar-refractivity contribution is 0.324. The van der Waals surface area contributed by atoms with Crippen molar-refractivity contribution in [3.63, 3.8) is 0 Å². The number of nitrogens with zero attached hydrogens (tertiary/aromatic N) is 4. The van der Waals surface area contributed by atoms with Crippen molar-refractivity contribution < 1.29 is 14.2 Å². The van der Waals surface area contributed by atoms with Gasteiger partial charge in [-0.15, -0.1) is 5.10 Å². The van der Waals surface area contributed by atoms with Crippen molar-refractivity contribution in [3.8, 4) is 28.5 Å². The lowest BCUT2D eigenvalue weighted by Gasteiger charge is -2.14. The van der Waals surface area contributed by atoms with Gasteiger partial charge in [0.15, 0.2) is 17.1 Å². The molecule has 30 heavy (non-hydrogen) atoms.